The summed E-state index contributed by atoms with van der Waals surface area (Å²) in [6, 6.07) is 6.78. The van der Waals surface area contributed by atoms with Gasteiger partial charge in [0.2, 0.25) is 0 Å². The maximum atomic E-state index is 11.6. The first-order valence-corrected chi connectivity index (χ1v) is 6.83. The molecular formula is C15H22N2O4. The summed E-state index contributed by atoms with van der Waals surface area (Å²) in [5, 5.41) is 5.85. The van der Waals surface area contributed by atoms with E-state index in [2.05, 4.69) is 10.6 Å². The van der Waals surface area contributed by atoms with E-state index in [-0.39, 0.29) is 18.3 Å². The molecule has 0 bridgehead atoms. The highest BCUT2D eigenvalue weighted by Gasteiger charge is 2.04. The SMILES string of the molecule is COCCNCCNC(=O)COc1cccc(C(C)=O)c1. The summed E-state index contributed by atoms with van der Waals surface area (Å²) in [6.45, 7) is 4.01. The zero-order chi connectivity index (χ0) is 15.5. The van der Waals surface area contributed by atoms with Crippen LogP contribution in [-0.4, -0.2) is 51.6 Å². The molecule has 0 saturated heterocycles. The van der Waals surface area contributed by atoms with Crippen molar-refractivity contribution in [3.05, 3.63) is 29.8 Å². The quantitative estimate of drug-likeness (QED) is 0.489. The number of amides is 1. The third-order valence-corrected chi connectivity index (χ3v) is 2.72. The first-order valence-electron chi connectivity index (χ1n) is 6.83. The molecule has 0 atom stereocenters. The molecule has 0 unspecified atom stereocenters. The summed E-state index contributed by atoms with van der Waals surface area (Å²) in [7, 11) is 1.64. The van der Waals surface area contributed by atoms with Crippen LogP contribution in [0.1, 0.15) is 17.3 Å². The average molecular weight is 294 g/mol. The summed E-state index contributed by atoms with van der Waals surface area (Å²) in [4.78, 5) is 22.8. The van der Waals surface area contributed by atoms with Crippen molar-refractivity contribution in [1.82, 2.24) is 10.6 Å². The topological polar surface area (TPSA) is 76.7 Å². The minimum atomic E-state index is -0.197. The smallest absolute Gasteiger partial charge is 0.257 e. The lowest BCUT2D eigenvalue weighted by Crippen LogP contribution is -2.35. The van der Waals surface area contributed by atoms with Gasteiger partial charge in [0.15, 0.2) is 12.4 Å². The van der Waals surface area contributed by atoms with Gasteiger partial charge in [0.1, 0.15) is 5.75 Å². The number of hydrogen-bond donors (Lipinski definition) is 2. The monoisotopic (exact) mass is 294 g/mol. The van der Waals surface area contributed by atoms with Gasteiger partial charge < -0.3 is 20.1 Å². The molecule has 0 heterocycles. The number of ketones is 1. The zero-order valence-electron chi connectivity index (χ0n) is 12.5. The van der Waals surface area contributed by atoms with E-state index in [4.69, 9.17) is 9.47 Å². The van der Waals surface area contributed by atoms with Crippen LogP contribution in [0.4, 0.5) is 0 Å². The summed E-state index contributed by atoms with van der Waals surface area (Å²) >= 11 is 0. The van der Waals surface area contributed by atoms with Crippen LogP contribution in [0.3, 0.4) is 0 Å². The predicted octanol–water partition coefficient (Wildman–Crippen LogP) is 0.620. The highest BCUT2D eigenvalue weighted by Crippen LogP contribution is 2.13. The van der Waals surface area contributed by atoms with E-state index in [0.29, 0.717) is 31.0 Å². The van der Waals surface area contributed by atoms with Crippen molar-refractivity contribution in [2.75, 3.05) is 40.0 Å². The lowest BCUT2D eigenvalue weighted by atomic mass is 10.1. The Bertz CT molecular complexity index is 463. The number of ether oxygens (including phenoxy) is 2. The highest BCUT2D eigenvalue weighted by atomic mass is 16.5. The largest absolute Gasteiger partial charge is 0.484 e. The van der Waals surface area contributed by atoms with E-state index in [0.717, 1.165) is 6.54 Å². The third-order valence-electron chi connectivity index (χ3n) is 2.72. The second kappa shape index (κ2) is 9.90. The fourth-order valence-corrected chi connectivity index (χ4v) is 1.59. The molecule has 0 spiro atoms. The molecule has 0 aliphatic heterocycles. The van der Waals surface area contributed by atoms with Gasteiger partial charge in [-0.05, 0) is 19.1 Å². The maximum Gasteiger partial charge on any atom is 0.257 e. The Morgan fingerprint density at radius 1 is 1.19 bits per heavy atom. The van der Waals surface area contributed by atoms with Gasteiger partial charge in [0, 0.05) is 32.3 Å². The van der Waals surface area contributed by atoms with Gasteiger partial charge in [-0.3, -0.25) is 9.59 Å². The van der Waals surface area contributed by atoms with Crippen LogP contribution in [0.5, 0.6) is 5.75 Å². The van der Waals surface area contributed by atoms with Gasteiger partial charge in [0.25, 0.3) is 5.91 Å². The molecule has 0 saturated carbocycles. The molecule has 0 aromatic heterocycles. The van der Waals surface area contributed by atoms with Crippen molar-refractivity contribution in [2.24, 2.45) is 0 Å². The number of hydrogen-bond acceptors (Lipinski definition) is 5. The Kier molecular flexibility index (Phi) is 8.08. The molecule has 1 aromatic rings. The van der Waals surface area contributed by atoms with Crippen LogP contribution >= 0.6 is 0 Å². The Balaban J connectivity index is 2.21. The van der Waals surface area contributed by atoms with E-state index < -0.39 is 0 Å². The normalized spacial score (nSPS) is 10.2. The third kappa shape index (κ3) is 7.43. The van der Waals surface area contributed by atoms with Crippen molar-refractivity contribution in [1.29, 1.82) is 0 Å². The predicted molar refractivity (Wildman–Crippen MR) is 79.7 cm³/mol. The van der Waals surface area contributed by atoms with Crippen LogP contribution in [0, 0.1) is 0 Å². The van der Waals surface area contributed by atoms with Crippen molar-refractivity contribution >= 4 is 11.7 Å². The van der Waals surface area contributed by atoms with E-state index >= 15 is 0 Å². The molecule has 0 aliphatic rings. The Hall–Kier alpha value is -1.92. The summed E-state index contributed by atoms with van der Waals surface area (Å²) in [5.41, 5.74) is 0.565. The average Bonchev–Trinajstić information content (AvgIpc) is 2.49. The van der Waals surface area contributed by atoms with E-state index in [1.807, 2.05) is 0 Å². The van der Waals surface area contributed by atoms with Gasteiger partial charge in [0.05, 0.1) is 6.61 Å². The molecule has 21 heavy (non-hydrogen) atoms. The molecule has 0 aliphatic carbocycles. The van der Waals surface area contributed by atoms with Crippen LogP contribution in [0.15, 0.2) is 24.3 Å². The van der Waals surface area contributed by atoms with Gasteiger partial charge in [-0.25, -0.2) is 0 Å². The van der Waals surface area contributed by atoms with Gasteiger partial charge in [-0.2, -0.15) is 0 Å². The number of nitrogens with one attached hydrogen (secondary N) is 2. The Labute approximate surface area is 124 Å². The molecule has 1 rings (SSSR count). The number of rotatable bonds is 10. The van der Waals surface area contributed by atoms with E-state index in [1.165, 1.54) is 6.92 Å². The number of carbonyl (C=O) groups is 2. The first kappa shape index (κ1) is 17.1. The second-order valence-electron chi connectivity index (χ2n) is 4.47. The van der Waals surface area contributed by atoms with Crippen molar-refractivity contribution in [3.8, 4) is 5.75 Å². The standard InChI is InChI=1S/C15H22N2O4/c1-12(18)13-4-3-5-14(10-13)21-11-15(19)17-7-6-16-8-9-20-2/h3-5,10,16H,6-9,11H2,1-2H3,(H,17,19). The number of methoxy groups -OCH3 is 1. The Morgan fingerprint density at radius 2 is 2.00 bits per heavy atom. The van der Waals surface area contributed by atoms with Crippen molar-refractivity contribution < 1.29 is 19.1 Å². The zero-order valence-corrected chi connectivity index (χ0v) is 12.5. The summed E-state index contributed by atoms with van der Waals surface area (Å²) in [6.07, 6.45) is 0. The molecule has 1 amide bonds. The van der Waals surface area contributed by atoms with Crippen molar-refractivity contribution in [3.63, 3.8) is 0 Å². The highest BCUT2D eigenvalue weighted by molar-refractivity contribution is 5.94. The lowest BCUT2D eigenvalue weighted by Gasteiger charge is -2.08. The molecule has 6 heteroatoms. The molecule has 2 N–H and O–H groups in total. The summed E-state index contributed by atoms with van der Waals surface area (Å²) < 4.78 is 10.2. The van der Waals surface area contributed by atoms with E-state index in [9.17, 15) is 9.59 Å². The Morgan fingerprint density at radius 3 is 2.71 bits per heavy atom. The van der Waals surface area contributed by atoms with Crippen molar-refractivity contribution in [2.45, 2.75) is 6.92 Å². The molecule has 1 aromatic carbocycles. The second-order valence-corrected chi connectivity index (χ2v) is 4.47. The van der Waals surface area contributed by atoms with Crippen LogP contribution in [0.25, 0.3) is 0 Å². The van der Waals surface area contributed by atoms with Crippen LogP contribution < -0.4 is 15.4 Å². The fourth-order valence-electron chi connectivity index (χ4n) is 1.59. The molecule has 116 valence electrons. The van der Waals surface area contributed by atoms with Gasteiger partial charge in [-0.1, -0.05) is 12.1 Å². The molecule has 0 radical (unpaired) electrons. The maximum absolute atomic E-state index is 11.6. The van der Waals surface area contributed by atoms with Gasteiger partial charge >= 0.3 is 0 Å². The van der Waals surface area contributed by atoms with E-state index in [1.54, 1.807) is 31.4 Å². The lowest BCUT2D eigenvalue weighted by molar-refractivity contribution is -0.123. The summed E-state index contributed by atoms with van der Waals surface area (Å²) in [5.74, 6) is 0.278. The number of benzene rings is 1. The minimum Gasteiger partial charge on any atom is -0.484 e. The molecule has 0 fully saturated rings. The first-order chi connectivity index (χ1) is 10.1. The number of Topliss-reactive ketones (excluding diaryl/α,β-unsaturated/α-hetero) is 1. The van der Waals surface area contributed by atoms with Crippen LogP contribution in [-0.2, 0) is 9.53 Å². The number of carbonyl (C=O) groups excluding carboxylic acids is 2. The van der Waals surface area contributed by atoms with Gasteiger partial charge in [-0.15, -0.1) is 0 Å². The fraction of sp³-hybridized carbons (Fsp3) is 0.467. The molecule has 6 nitrogen and oxygen atoms in total. The van der Waals surface area contributed by atoms with Crippen LogP contribution in [0.2, 0.25) is 0 Å². The minimum absolute atomic E-state index is 0.0352. The molecular weight excluding hydrogens is 272 g/mol.